The second-order valence-electron chi connectivity index (χ2n) is 3.17. The average Bonchev–Trinajstić information content (AvgIpc) is 2.23. The van der Waals surface area contributed by atoms with Crippen LogP contribution < -0.4 is 27.7 Å². The molecular weight excluding hydrogens is 346 g/mol. The van der Waals surface area contributed by atoms with E-state index in [0.717, 1.165) is 38.5 Å². The van der Waals surface area contributed by atoms with Gasteiger partial charge in [0.05, 0.1) is 0 Å². The van der Waals surface area contributed by atoms with Crippen molar-refractivity contribution in [3.8, 4) is 0 Å². The van der Waals surface area contributed by atoms with E-state index in [-0.39, 0.29) is 78.8 Å². The summed E-state index contributed by atoms with van der Waals surface area (Å²) in [7, 11) is 0. The van der Waals surface area contributed by atoms with Gasteiger partial charge in [-0.05, 0) is 0 Å². The molecular formula is C12H29Cl3O3Ti. The van der Waals surface area contributed by atoms with Crippen LogP contribution in [0.15, 0.2) is 0 Å². The van der Waals surface area contributed by atoms with E-state index >= 15 is 0 Å². The normalized spacial score (nSPS) is 6.63. The van der Waals surface area contributed by atoms with E-state index in [2.05, 4.69) is 0 Å². The summed E-state index contributed by atoms with van der Waals surface area (Å²) in [4.78, 5) is 0. The molecule has 0 spiro atoms. The zero-order valence-corrected chi connectivity index (χ0v) is 16.2. The van der Waals surface area contributed by atoms with Crippen molar-refractivity contribution in [2.75, 3.05) is 19.8 Å². The molecule has 7 heteroatoms. The van der Waals surface area contributed by atoms with Crippen molar-refractivity contribution in [3.05, 3.63) is 0 Å². The molecule has 3 nitrogen and oxygen atoms in total. The van der Waals surface area contributed by atoms with Crippen molar-refractivity contribution in [2.24, 2.45) is 0 Å². The Kier molecular flexibility index (Phi) is 136. The number of hydrogen-bond acceptors (Lipinski definition) is 3. The molecule has 120 valence electrons. The number of rotatable bonds is 6. The minimum Gasteiger partial charge on any atom is -1.00 e. The molecule has 0 saturated carbocycles. The molecule has 0 radical (unpaired) electrons. The van der Waals surface area contributed by atoms with E-state index in [9.17, 15) is 15.3 Å². The van der Waals surface area contributed by atoms with Gasteiger partial charge in [0, 0.05) is 0 Å². The summed E-state index contributed by atoms with van der Waals surface area (Å²) in [5.41, 5.74) is 0. The van der Waals surface area contributed by atoms with Gasteiger partial charge in [-0.3, -0.25) is 0 Å². The Morgan fingerprint density at radius 1 is 0.579 bits per heavy atom. The van der Waals surface area contributed by atoms with Crippen LogP contribution in [-0.4, -0.2) is 19.8 Å². The van der Waals surface area contributed by atoms with Gasteiger partial charge in [-0.15, -0.1) is 44.6 Å². The summed E-state index contributed by atoms with van der Waals surface area (Å²) in [6.07, 6.45) is 5.59. The third kappa shape index (κ3) is 107. The van der Waals surface area contributed by atoms with Crippen LogP contribution >= 0.6 is 24.8 Å². The number of hydrogen-bond donors (Lipinski definition) is 0. The Hall–Kier alpha value is 1.46. The van der Waals surface area contributed by atoms with Crippen molar-refractivity contribution < 1.29 is 49.4 Å². The van der Waals surface area contributed by atoms with Gasteiger partial charge in [0.25, 0.3) is 0 Å². The van der Waals surface area contributed by atoms with Crippen LogP contribution in [0.5, 0.6) is 0 Å². The first-order valence-corrected chi connectivity index (χ1v) is 5.99. The smallest absolute Gasteiger partial charge is 1.00 e. The molecule has 0 saturated heterocycles. The average molecular weight is 376 g/mol. The zero-order chi connectivity index (χ0) is 12.4. The van der Waals surface area contributed by atoms with Gasteiger partial charge in [-0.1, -0.05) is 59.3 Å². The first kappa shape index (κ1) is 42.8. The zero-order valence-electron chi connectivity index (χ0n) is 12.3. The fourth-order valence-electron chi connectivity index (χ4n) is 0.433. The molecule has 19 heavy (non-hydrogen) atoms. The Morgan fingerprint density at radius 3 is 0.737 bits per heavy atom. The third-order valence-electron chi connectivity index (χ3n) is 1.49. The van der Waals surface area contributed by atoms with E-state index in [0.29, 0.717) is 0 Å². The van der Waals surface area contributed by atoms with Crippen LogP contribution in [0, 0.1) is 0 Å². The van der Waals surface area contributed by atoms with Crippen LogP contribution in [-0.2, 0) is 21.7 Å². The molecule has 0 fully saturated rings. The largest absolute Gasteiger partial charge is 4.00 e. The first-order valence-electron chi connectivity index (χ1n) is 5.99. The fraction of sp³-hybridized carbons (Fsp3) is 1.00. The molecule has 0 aliphatic carbocycles. The van der Waals surface area contributed by atoms with E-state index < -0.39 is 0 Å². The molecule has 0 aromatic rings. The maximum atomic E-state index is 9.53. The van der Waals surface area contributed by atoms with Gasteiger partial charge >= 0.3 is 21.7 Å². The molecule has 0 N–H and O–H groups in total. The second kappa shape index (κ2) is 60.6. The molecule has 0 rings (SSSR count). The predicted octanol–water partition coefficient (Wildman–Crippen LogP) is -1.71. The van der Waals surface area contributed by atoms with Gasteiger partial charge in [0.2, 0.25) is 0 Å². The maximum absolute atomic E-state index is 9.53. The summed E-state index contributed by atoms with van der Waals surface area (Å²) in [6.45, 7) is 6.32. The minimum atomic E-state index is 0. The van der Waals surface area contributed by atoms with Crippen LogP contribution in [0.2, 0.25) is 0 Å². The van der Waals surface area contributed by atoms with Crippen LogP contribution in [0.4, 0.5) is 0 Å². The van der Waals surface area contributed by atoms with E-state index in [1.807, 2.05) is 20.8 Å². The van der Waals surface area contributed by atoms with Gasteiger partial charge in [0.15, 0.2) is 0 Å². The van der Waals surface area contributed by atoms with Crippen LogP contribution in [0.25, 0.3) is 0 Å². The summed E-state index contributed by atoms with van der Waals surface area (Å²) in [5, 5.41) is 28.6. The summed E-state index contributed by atoms with van der Waals surface area (Å²) in [6, 6.07) is 0. The Bertz CT molecular complexity index is 65.0. The van der Waals surface area contributed by atoms with Crippen molar-refractivity contribution in [1.29, 1.82) is 0 Å². The first-order chi connectivity index (χ1) is 7.24. The Balaban J connectivity index is -0.0000000206. The summed E-state index contributed by atoms with van der Waals surface area (Å²) < 4.78 is 0. The summed E-state index contributed by atoms with van der Waals surface area (Å²) >= 11 is 0. The molecule has 0 aromatic heterocycles. The summed E-state index contributed by atoms with van der Waals surface area (Å²) in [5.74, 6) is 0. The molecule has 0 atom stereocenters. The monoisotopic (exact) mass is 374 g/mol. The van der Waals surface area contributed by atoms with Crippen molar-refractivity contribution >= 4 is 24.8 Å². The quantitative estimate of drug-likeness (QED) is 0.519. The molecule has 0 bridgehead atoms. The standard InChI is InChI=1S/3C4H9O.3ClH.Ti/c3*1-2-3-4-5;;;;/h3*2-4H2,1H3;3*1H;/q3*-1;;;;+4/p-1. The van der Waals surface area contributed by atoms with Crippen LogP contribution in [0.1, 0.15) is 59.3 Å². The molecule has 0 aliphatic heterocycles. The van der Waals surface area contributed by atoms with Gasteiger partial charge in [-0.2, -0.15) is 0 Å². The fourth-order valence-corrected chi connectivity index (χ4v) is 0.433. The Labute approximate surface area is 153 Å². The van der Waals surface area contributed by atoms with E-state index in [1.54, 1.807) is 0 Å². The molecule has 0 amide bonds. The number of halogens is 3. The molecule has 0 aromatic carbocycles. The van der Waals surface area contributed by atoms with Gasteiger partial charge in [-0.25, -0.2) is 0 Å². The number of unbranched alkanes of at least 4 members (excludes halogenated alkanes) is 3. The van der Waals surface area contributed by atoms with Gasteiger partial charge < -0.3 is 27.7 Å². The Morgan fingerprint density at radius 2 is 0.737 bits per heavy atom. The van der Waals surface area contributed by atoms with E-state index in [1.165, 1.54) is 0 Å². The topological polar surface area (TPSA) is 69.2 Å². The minimum absolute atomic E-state index is 0. The van der Waals surface area contributed by atoms with Crippen molar-refractivity contribution in [3.63, 3.8) is 0 Å². The van der Waals surface area contributed by atoms with Gasteiger partial charge in [0.1, 0.15) is 0 Å². The van der Waals surface area contributed by atoms with Crippen molar-refractivity contribution in [1.82, 2.24) is 0 Å². The molecule has 0 aliphatic rings. The third-order valence-corrected chi connectivity index (χ3v) is 1.49. The van der Waals surface area contributed by atoms with E-state index in [4.69, 9.17) is 0 Å². The molecule has 0 unspecified atom stereocenters. The van der Waals surface area contributed by atoms with Crippen LogP contribution in [0.3, 0.4) is 0 Å². The predicted molar refractivity (Wildman–Crippen MR) is 73.8 cm³/mol. The second-order valence-corrected chi connectivity index (χ2v) is 3.17. The maximum Gasteiger partial charge on any atom is 4.00 e. The SMILES string of the molecule is CCCC[O-].CCCC[O-].CCCC[O-].Cl.Cl.[Cl-].[Ti+4]. The van der Waals surface area contributed by atoms with Crippen molar-refractivity contribution in [2.45, 2.75) is 59.3 Å². The molecule has 0 heterocycles.